The van der Waals surface area contributed by atoms with E-state index in [2.05, 4.69) is 6.92 Å². The molecule has 30 heavy (non-hydrogen) atoms. The number of rotatable bonds is 6. The minimum absolute atomic E-state index is 0.0999. The van der Waals surface area contributed by atoms with Gasteiger partial charge in [-0.3, -0.25) is 14.5 Å². The second-order valence-electron chi connectivity index (χ2n) is 7.58. The molecule has 0 atom stereocenters. The molecule has 1 fully saturated rings. The van der Waals surface area contributed by atoms with Gasteiger partial charge in [-0.15, -0.1) is 0 Å². The van der Waals surface area contributed by atoms with Crippen LogP contribution in [0.5, 0.6) is 0 Å². The van der Waals surface area contributed by atoms with Gasteiger partial charge < -0.3 is 4.90 Å². The number of nitrogens with zero attached hydrogens (tertiary/aromatic N) is 2. The number of carbonyl (C=O) groups excluding carboxylic acids is 2. The molecule has 4 rings (SSSR count). The van der Waals surface area contributed by atoms with Crippen LogP contribution in [0.1, 0.15) is 43.7 Å². The number of benzene rings is 2. The topological polar surface area (TPSA) is 40.6 Å². The van der Waals surface area contributed by atoms with Gasteiger partial charge in [-0.2, -0.15) is 0 Å². The summed E-state index contributed by atoms with van der Waals surface area (Å²) in [5.41, 5.74) is 4.03. The third kappa shape index (κ3) is 3.70. The Morgan fingerprint density at radius 2 is 1.67 bits per heavy atom. The van der Waals surface area contributed by atoms with E-state index in [1.165, 1.54) is 16.7 Å². The van der Waals surface area contributed by atoms with E-state index in [0.29, 0.717) is 21.3 Å². The molecule has 0 N–H and O–H groups in total. The summed E-state index contributed by atoms with van der Waals surface area (Å²) in [5, 5.41) is 0. The third-order valence-electron chi connectivity index (χ3n) is 5.45. The molecule has 2 heterocycles. The van der Waals surface area contributed by atoms with Crippen LogP contribution in [-0.4, -0.2) is 22.7 Å². The Balaban J connectivity index is 1.70. The Hall–Kier alpha value is -2.44. The first-order valence-corrected chi connectivity index (χ1v) is 11.5. The number of aryl methyl sites for hydroxylation is 1. The van der Waals surface area contributed by atoms with Crippen LogP contribution in [0.15, 0.2) is 53.4 Å². The standard InChI is InChI=1S/C24H24N2O2S2/c1-3-4-5-8-15-25-19-10-7-6-9-18(19)20(22(25)27)21-23(28)26(24(29)30-21)17-13-11-16(2)12-14-17/h6-7,9-14H,3-5,8,15H2,1-2H3/b21-20-. The van der Waals surface area contributed by atoms with Crippen molar-refractivity contribution in [2.45, 2.75) is 39.5 Å². The van der Waals surface area contributed by atoms with E-state index in [1.54, 1.807) is 0 Å². The van der Waals surface area contributed by atoms with Crippen molar-refractivity contribution in [3.63, 3.8) is 0 Å². The van der Waals surface area contributed by atoms with Crippen molar-refractivity contribution in [2.75, 3.05) is 16.3 Å². The van der Waals surface area contributed by atoms with Crippen LogP contribution in [0.3, 0.4) is 0 Å². The summed E-state index contributed by atoms with van der Waals surface area (Å²) in [5.74, 6) is -0.322. The number of para-hydroxylation sites is 1. The molecule has 0 aromatic heterocycles. The molecule has 0 radical (unpaired) electrons. The molecule has 0 unspecified atom stereocenters. The van der Waals surface area contributed by atoms with Crippen LogP contribution in [0.25, 0.3) is 5.57 Å². The van der Waals surface area contributed by atoms with Crippen molar-refractivity contribution < 1.29 is 9.59 Å². The summed E-state index contributed by atoms with van der Waals surface area (Å²) < 4.78 is 0.457. The lowest BCUT2D eigenvalue weighted by Gasteiger charge is -2.17. The smallest absolute Gasteiger partial charge is 0.271 e. The number of amides is 2. The SMILES string of the molecule is CCCCCCN1C(=O)/C(=C2\SC(=S)N(c3ccc(C)cc3)C2=O)c2ccccc21. The predicted octanol–water partition coefficient (Wildman–Crippen LogP) is 5.70. The van der Waals surface area contributed by atoms with E-state index in [9.17, 15) is 9.59 Å². The van der Waals surface area contributed by atoms with Gasteiger partial charge in [0.25, 0.3) is 11.8 Å². The number of hydrogen-bond acceptors (Lipinski definition) is 4. The van der Waals surface area contributed by atoms with Gasteiger partial charge in [-0.05, 0) is 31.5 Å². The molecule has 6 heteroatoms. The van der Waals surface area contributed by atoms with Crippen molar-refractivity contribution in [2.24, 2.45) is 0 Å². The predicted molar refractivity (Wildman–Crippen MR) is 129 cm³/mol. The summed E-state index contributed by atoms with van der Waals surface area (Å²) in [6.45, 7) is 4.83. The Labute approximate surface area is 186 Å². The Morgan fingerprint density at radius 3 is 2.40 bits per heavy atom. The van der Waals surface area contributed by atoms with Gasteiger partial charge in [0.05, 0.1) is 21.9 Å². The summed E-state index contributed by atoms with van der Waals surface area (Å²) in [4.78, 5) is 30.5. The van der Waals surface area contributed by atoms with E-state index in [0.717, 1.165) is 48.2 Å². The van der Waals surface area contributed by atoms with E-state index >= 15 is 0 Å². The molecular weight excluding hydrogens is 412 g/mol. The lowest BCUT2D eigenvalue weighted by molar-refractivity contribution is -0.115. The van der Waals surface area contributed by atoms with E-state index in [-0.39, 0.29) is 11.8 Å². The minimum atomic E-state index is -0.222. The Morgan fingerprint density at radius 1 is 0.933 bits per heavy atom. The second kappa shape index (κ2) is 8.74. The maximum absolute atomic E-state index is 13.4. The van der Waals surface area contributed by atoms with Crippen LogP contribution >= 0.6 is 24.0 Å². The Kier molecular flexibility index (Phi) is 6.06. The first kappa shape index (κ1) is 20.8. The average Bonchev–Trinajstić information content (AvgIpc) is 3.18. The second-order valence-corrected chi connectivity index (χ2v) is 9.23. The van der Waals surface area contributed by atoms with Gasteiger partial charge >= 0.3 is 0 Å². The number of unbranched alkanes of at least 4 members (excludes halogenated alkanes) is 3. The van der Waals surface area contributed by atoms with Gasteiger partial charge in [-0.1, -0.05) is 86.1 Å². The molecule has 1 saturated heterocycles. The number of fused-ring (bicyclic) bond motifs is 1. The van der Waals surface area contributed by atoms with Gasteiger partial charge in [0.2, 0.25) is 0 Å². The number of thioether (sulfide) groups is 1. The molecule has 0 saturated carbocycles. The summed E-state index contributed by atoms with van der Waals surface area (Å²) in [6.07, 6.45) is 4.35. The molecule has 0 bridgehead atoms. The van der Waals surface area contributed by atoms with Gasteiger partial charge in [0.1, 0.15) is 0 Å². The molecule has 154 valence electrons. The highest BCUT2D eigenvalue weighted by Crippen LogP contribution is 2.45. The fourth-order valence-electron chi connectivity index (χ4n) is 3.85. The number of thiocarbonyl (C=S) groups is 1. The van der Waals surface area contributed by atoms with Crippen LogP contribution in [-0.2, 0) is 9.59 Å². The zero-order chi connectivity index (χ0) is 21.3. The van der Waals surface area contributed by atoms with Crippen LogP contribution < -0.4 is 9.80 Å². The highest BCUT2D eigenvalue weighted by atomic mass is 32.2. The van der Waals surface area contributed by atoms with E-state index < -0.39 is 0 Å². The first-order valence-electron chi connectivity index (χ1n) is 10.3. The van der Waals surface area contributed by atoms with Gasteiger partial charge in [0.15, 0.2) is 4.32 Å². The van der Waals surface area contributed by atoms with Crippen LogP contribution in [0.4, 0.5) is 11.4 Å². The largest absolute Gasteiger partial charge is 0.308 e. The first-order chi connectivity index (χ1) is 14.5. The summed E-state index contributed by atoms with van der Waals surface area (Å²) >= 11 is 6.74. The van der Waals surface area contributed by atoms with Crippen LogP contribution in [0.2, 0.25) is 0 Å². The average molecular weight is 437 g/mol. The quantitative estimate of drug-likeness (QED) is 0.331. The monoisotopic (exact) mass is 436 g/mol. The fourth-order valence-corrected chi connectivity index (χ4v) is 5.22. The number of anilines is 2. The number of carbonyl (C=O) groups is 2. The molecule has 2 aliphatic heterocycles. The fraction of sp³-hybridized carbons (Fsp3) is 0.292. The maximum atomic E-state index is 13.4. The zero-order valence-corrected chi connectivity index (χ0v) is 18.8. The molecule has 0 spiro atoms. The normalized spacial score (nSPS) is 18.5. The van der Waals surface area contributed by atoms with Crippen molar-refractivity contribution in [3.8, 4) is 0 Å². The highest BCUT2D eigenvalue weighted by Gasteiger charge is 2.42. The Bertz CT molecular complexity index is 1040. The molecule has 2 amide bonds. The minimum Gasteiger partial charge on any atom is -0.308 e. The number of hydrogen-bond donors (Lipinski definition) is 0. The van der Waals surface area contributed by atoms with Gasteiger partial charge in [0, 0.05) is 12.1 Å². The lowest BCUT2D eigenvalue weighted by atomic mass is 10.1. The molecule has 2 aromatic carbocycles. The zero-order valence-electron chi connectivity index (χ0n) is 17.2. The van der Waals surface area contributed by atoms with Crippen molar-refractivity contribution in [1.29, 1.82) is 0 Å². The van der Waals surface area contributed by atoms with Crippen molar-refractivity contribution >= 4 is 57.1 Å². The molecule has 2 aromatic rings. The summed E-state index contributed by atoms with van der Waals surface area (Å²) in [7, 11) is 0. The highest BCUT2D eigenvalue weighted by molar-refractivity contribution is 8.27. The molecule has 4 nitrogen and oxygen atoms in total. The maximum Gasteiger partial charge on any atom is 0.271 e. The van der Waals surface area contributed by atoms with Crippen molar-refractivity contribution in [3.05, 3.63) is 64.6 Å². The third-order valence-corrected chi connectivity index (χ3v) is 6.82. The van der Waals surface area contributed by atoms with E-state index in [4.69, 9.17) is 12.2 Å². The lowest BCUT2D eigenvalue weighted by Crippen LogP contribution is -2.29. The molecule has 0 aliphatic carbocycles. The van der Waals surface area contributed by atoms with E-state index in [1.807, 2.05) is 60.4 Å². The molecular formula is C24H24N2O2S2. The summed E-state index contributed by atoms with van der Waals surface area (Å²) in [6, 6.07) is 15.4. The van der Waals surface area contributed by atoms with Gasteiger partial charge in [-0.25, -0.2) is 0 Å². The molecule has 2 aliphatic rings. The van der Waals surface area contributed by atoms with Crippen LogP contribution in [0, 0.1) is 6.92 Å². The van der Waals surface area contributed by atoms with Crippen molar-refractivity contribution in [1.82, 2.24) is 0 Å².